The van der Waals surface area contributed by atoms with Crippen LogP contribution in [0.15, 0.2) is 29.6 Å². The average molecular weight is 319 g/mol. The van der Waals surface area contributed by atoms with Crippen LogP contribution in [0.1, 0.15) is 28.8 Å². The largest absolute Gasteiger partial charge is 0.323 e. The number of rotatable bonds is 5. The third-order valence-corrected chi connectivity index (χ3v) is 4.96. The molecule has 0 fully saturated rings. The Labute approximate surface area is 134 Å². The predicted octanol–water partition coefficient (Wildman–Crippen LogP) is 4.80. The van der Waals surface area contributed by atoms with Crippen molar-refractivity contribution in [3.8, 4) is 0 Å². The number of imidazole rings is 1. The fourth-order valence-corrected chi connectivity index (χ4v) is 3.83. The van der Waals surface area contributed by atoms with Crippen molar-refractivity contribution in [3.63, 3.8) is 0 Å². The zero-order valence-electron chi connectivity index (χ0n) is 12.4. The minimum absolute atomic E-state index is 0.605. The number of alkyl halides is 1. The maximum Gasteiger partial charge on any atom is 0.111 e. The first-order chi connectivity index (χ1) is 10.2. The van der Waals surface area contributed by atoms with Crippen LogP contribution in [0.2, 0.25) is 0 Å². The number of benzene rings is 1. The van der Waals surface area contributed by atoms with E-state index in [1.807, 2.05) is 11.3 Å². The van der Waals surface area contributed by atoms with Crippen molar-refractivity contribution >= 4 is 34.0 Å². The van der Waals surface area contributed by atoms with E-state index in [4.69, 9.17) is 16.6 Å². The van der Waals surface area contributed by atoms with Crippen LogP contribution in [0.5, 0.6) is 0 Å². The van der Waals surface area contributed by atoms with Gasteiger partial charge in [0.2, 0.25) is 0 Å². The van der Waals surface area contributed by atoms with Gasteiger partial charge in [0.05, 0.1) is 17.6 Å². The van der Waals surface area contributed by atoms with Crippen molar-refractivity contribution in [2.24, 2.45) is 0 Å². The van der Waals surface area contributed by atoms with Crippen LogP contribution in [0.3, 0.4) is 0 Å². The first-order valence-corrected chi connectivity index (χ1v) is 8.71. The highest BCUT2D eigenvalue weighted by atomic mass is 35.5. The van der Waals surface area contributed by atoms with Gasteiger partial charge in [0.15, 0.2) is 0 Å². The van der Waals surface area contributed by atoms with Gasteiger partial charge in [-0.3, -0.25) is 0 Å². The summed E-state index contributed by atoms with van der Waals surface area (Å²) in [5, 5.41) is 2.18. The summed E-state index contributed by atoms with van der Waals surface area (Å²) < 4.78 is 2.33. The lowest BCUT2D eigenvalue weighted by atomic mass is 10.2. The van der Waals surface area contributed by atoms with E-state index in [0.29, 0.717) is 5.88 Å². The molecule has 0 atom stereocenters. The quantitative estimate of drug-likeness (QED) is 0.618. The summed E-state index contributed by atoms with van der Waals surface area (Å²) >= 11 is 7.79. The Kier molecular flexibility index (Phi) is 4.32. The van der Waals surface area contributed by atoms with E-state index in [0.717, 1.165) is 30.7 Å². The first kappa shape index (κ1) is 14.6. The average Bonchev–Trinajstić information content (AvgIpc) is 3.05. The van der Waals surface area contributed by atoms with Crippen molar-refractivity contribution < 1.29 is 0 Å². The number of hydrogen-bond donors (Lipinski definition) is 0. The molecule has 0 N–H and O–H groups in total. The number of fused-ring (bicyclic) bond motifs is 1. The molecule has 1 aromatic carbocycles. The first-order valence-electron chi connectivity index (χ1n) is 7.30. The summed E-state index contributed by atoms with van der Waals surface area (Å²) in [5.74, 6) is 1.69. The summed E-state index contributed by atoms with van der Waals surface area (Å²) in [6, 6.07) is 8.67. The lowest BCUT2D eigenvalue weighted by Gasteiger charge is -2.09. The molecule has 2 aromatic heterocycles. The van der Waals surface area contributed by atoms with Gasteiger partial charge >= 0.3 is 0 Å². The smallest absolute Gasteiger partial charge is 0.111 e. The Balaban J connectivity index is 2.10. The maximum atomic E-state index is 5.96. The Morgan fingerprint density at radius 1 is 1.29 bits per heavy atom. The molecule has 2 nitrogen and oxygen atoms in total. The second-order valence-corrected chi connectivity index (χ2v) is 6.65. The number of aryl methyl sites for hydroxylation is 3. The van der Waals surface area contributed by atoms with Gasteiger partial charge in [-0.05, 0) is 48.1 Å². The molecule has 0 aliphatic rings. The summed E-state index contributed by atoms with van der Waals surface area (Å²) in [6.07, 6.45) is 1.89. The predicted molar refractivity (Wildman–Crippen MR) is 91.7 cm³/mol. The molecule has 0 aliphatic heterocycles. The highest BCUT2D eigenvalue weighted by Gasteiger charge is 2.13. The molecule has 0 bridgehead atoms. The molecule has 0 radical (unpaired) electrons. The van der Waals surface area contributed by atoms with Crippen LogP contribution in [0.25, 0.3) is 11.0 Å². The summed E-state index contributed by atoms with van der Waals surface area (Å²) in [4.78, 5) is 6.19. The molecular formula is C17H19ClN2S. The minimum atomic E-state index is 0.605. The van der Waals surface area contributed by atoms with E-state index in [1.54, 1.807) is 0 Å². The molecule has 3 rings (SSSR count). The third-order valence-electron chi connectivity index (χ3n) is 3.82. The van der Waals surface area contributed by atoms with Gasteiger partial charge in [0.25, 0.3) is 0 Å². The molecule has 0 saturated carbocycles. The minimum Gasteiger partial charge on any atom is -0.323 e. The zero-order valence-corrected chi connectivity index (χ0v) is 14.0. The Morgan fingerprint density at radius 2 is 2.14 bits per heavy atom. The van der Waals surface area contributed by atoms with E-state index in [2.05, 4.69) is 48.1 Å². The van der Waals surface area contributed by atoms with Crippen LogP contribution in [0.4, 0.5) is 0 Å². The second-order valence-electron chi connectivity index (χ2n) is 5.27. The summed E-state index contributed by atoms with van der Waals surface area (Å²) in [5.41, 5.74) is 4.98. The van der Waals surface area contributed by atoms with E-state index in [1.165, 1.54) is 21.5 Å². The van der Waals surface area contributed by atoms with Crippen LogP contribution in [-0.4, -0.2) is 15.4 Å². The molecule has 0 aliphatic carbocycles. The van der Waals surface area contributed by atoms with Gasteiger partial charge in [-0.2, -0.15) is 0 Å². The zero-order chi connectivity index (χ0) is 14.8. The van der Waals surface area contributed by atoms with Gasteiger partial charge in [-0.25, -0.2) is 4.98 Å². The molecule has 2 heterocycles. The second kappa shape index (κ2) is 6.20. The normalized spacial score (nSPS) is 11.4. The van der Waals surface area contributed by atoms with Gasteiger partial charge in [0.1, 0.15) is 5.82 Å². The Morgan fingerprint density at radius 3 is 2.90 bits per heavy atom. The molecule has 0 spiro atoms. The van der Waals surface area contributed by atoms with Crippen molar-refractivity contribution in [3.05, 3.63) is 51.5 Å². The van der Waals surface area contributed by atoms with Crippen LogP contribution in [-0.2, 0) is 19.4 Å². The molecule has 3 aromatic rings. The Hall–Kier alpha value is -1.32. The molecule has 0 saturated heterocycles. The topological polar surface area (TPSA) is 17.8 Å². The SMILES string of the molecule is CCc1ccsc1Cn1c(CCCl)nc2ccc(C)cc21. The van der Waals surface area contributed by atoms with Crippen molar-refractivity contribution in [1.82, 2.24) is 9.55 Å². The number of aromatic nitrogens is 2. The molecule has 110 valence electrons. The molecule has 4 heteroatoms. The molecule has 0 amide bonds. The van der Waals surface area contributed by atoms with Crippen molar-refractivity contribution in [2.45, 2.75) is 33.2 Å². The number of halogens is 1. The summed E-state index contributed by atoms with van der Waals surface area (Å²) in [7, 11) is 0. The molecular weight excluding hydrogens is 300 g/mol. The highest BCUT2D eigenvalue weighted by Crippen LogP contribution is 2.24. The standard InChI is InChI=1S/C17H19ClN2S/c1-3-13-7-9-21-16(13)11-20-15-10-12(2)4-5-14(15)19-17(20)6-8-18/h4-5,7,9-10H,3,6,8,11H2,1-2H3. The van der Waals surface area contributed by atoms with Gasteiger partial charge in [-0.15, -0.1) is 22.9 Å². The van der Waals surface area contributed by atoms with E-state index >= 15 is 0 Å². The van der Waals surface area contributed by atoms with Crippen LogP contribution < -0.4 is 0 Å². The fraction of sp³-hybridized carbons (Fsp3) is 0.353. The number of thiophene rings is 1. The molecule has 21 heavy (non-hydrogen) atoms. The monoisotopic (exact) mass is 318 g/mol. The van der Waals surface area contributed by atoms with Gasteiger partial charge in [0, 0.05) is 17.2 Å². The number of nitrogens with zero attached hydrogens (tertiary/aromatic N) is 2. The Bertz CT molecular complexity index is 757. The van der Waals surface area contributed by atoms with E-state index < -0.39 is 0 Å². The summed E-state index contributed by atoms with van der Waals surface area (Å²) in [6.45, 7) is 5.23. The van der Waals surface area contributed by atoms with Crippen LogP contribution >= 0.6 is 22.9 Å². The molecule has 0 unspecified atom stereocenters. The van der Waals surface area contributed by atoms with E-state index in [-0.39, 0.29) is 0 Å². The van der Waals surface area contributed by atoms with Crippen molar-refractivity contribution in [2.75, 3.05) is 5.88 Å². The lowest BCUT2D eigenvalue weighted by molar-refractivity contribution is 0.758. The maximum absolute atomic E-state index is 5.96. The van der Waals surface area contributed by atoms with E-state index in [9.17, 15) is 0 Å². The highest BCUT2D eigenvalue weighted by molar-refractivity contribution is 7.10. The van der Waals surface area contributed by atoms with Gasteiger partial charge < -0.3 is 4.57 Å². The van der Waals surface area contributed by atoms with Gasteiger partial charge in [-0.1, -0.05) is 13.0 Å². The lowest BCUT2D eigenvalue weighted by Crippen LogP contribution is -2.06. The van der Waals surface area contributed by atoms with Crippen molar-refractivity contribution in [1.29, 1.82) is 0 Å². The fourth-order valence-electron chi connectivity index (χ4n) is 2.70. The van der Waals surface area contributed by atoms with Crippen LogP contribution in [0, 0.1) is 6.92 Å². The third kappa shape index (κ3) is 2.85. The number of hydrogen-bond acceptors (Lipinski definition) is 2.